The van der Waals surface area contributed by atoms with Crippen molar-refractivity contribution in [3.8, 4) is 0 Å². The van der Waals surface area contributed by atoms with Gasteiger partial charge in [0, 0.05) is 6.42 Å². The number of amides is 3. The van der Waals surface area contributed by atoms with Crippen LogP contribution in [0.15, 0.2) is 60.7 Å². The Morgan fingerprint density at radius 2 is 1.33 bits per heavy atom. The van der Waals surface area contributed by atoms with Gasteiger partial charge in [-0.05, 0) is 37.3 Å². The van der Waals surface area contributed by atoms with E-state index in [1.54, 1.807) is 68.4 Å². The molecular formula is C29H40N3O9P. The van der Waals surface area contributed by atoms with Gasteiger partial charge in [-0.3, -0.25) is 18.7 Å². The third-order valence-electron chi connectivity index (χ3n) is 6.10. The first kappa shape index (κ1) is 34.5. The summed E-state index contributed by atoms with van der Waals surface area (Å²) in [7, 11) is -3.49. The molecule has 42 heavy (non-hydrogen) atoms. The number of nitrogens with one attached hydrogen (secondary N) is 3. The van der Waals surface area contributed by atoms with Crippen LogP contribution < -0.4 is 16.0 Å². The molecule has 0 fully saturated rings. The maximum Gasteiger partial charge on any atom is 0.408 e. The zero-order valence-corrected chi connectivity index (χ0v) is 25.3. The number of carbonyl (C=O) groups excluding carboxylic acids is 4. The topological polar surface area (TPSA) is 169 Å². The van der Waals surface area contributed by atoms with Crippen LogP contribution in [0.4, 0.5) is 4.79 Å². The van der Waals surface area contributed by atoms with Crippen molar-refractivity contribution in [2.45, 2.75) is 71.1 Å². The van der Waals surface area contributed by atoms with Crippen molar-refractivity contribution in [3.63, 3.8) is 0 Å². The summed E-state index contributed by atoms with van der Waals surface area (Å²) in [6.07, 6.45) is -2.19. The van der Waals surface area contributed by atoms with E-state index in [0.29, 0.717) is 5.56 Å². The molecule has 13 heteroatoms. The van der Waals surface area contributed by atoms with Gasteiger partial charge in [-0.15, -0.1) is 0 Å². The van der Waals surface area contributed by atoms with Crippen LogP contribution >= 0.6 is 7.60 Å². The molecule has 0 aliphatic heterocycles. The molecule has 0 saturated carbocycles. The van der Waals surface area contributed by atoms with Gasteiger partial charge in [0.05, 0.1) is 7.11 Å². The fourth-order valence-electron chi connectivity index (χ4n) is 3.80. The van der Waals surface area contributed by atoms with Crippen LogP contribution in [-0.4, -0.2) is 59.9 Å². The molecule has 4 N–H and O–H groups in total. The van der Waals surface area contributed by atoms with E-state index in [0.717, 1.165) is 12.7 Å². The maximum absolute atomic E-state index is 13.4. The lowest BCUT2D eigenvalue weighted by Gasteiger charge is -2.29. The summed E-state index contributed by atoms with van der Waals surface area (Å²) in [6, 6.07) is 15.6. The first-order chi connectivity index (χ1) is 19.8. The Kier molecular flexibility index (Phi) is 13.7. The first-order valence-electron chi connectivity index (χ1n) is 13.5. The lowest BCUT2D eigenvalue weighted by atomic mass is 10.1. The number of hydrogen-bond donors (Lipinski definition) is 4. The van der Waals surface area contributed by atoms with Crippen LogP contribution in [0, 0.1) is 5.92 Å². The van der Waals surface area contributed by atoms with Crippen LogP contribution in [0.25, 0.3) is 0 Å². The fraction of sp³-hybridized carbons (Fsp3) is 0.448. The van der Waals surface area contributed by atoms with Gasteiger partial charge in [0.15, 0.2) is 6.10 Å². The number of benzene rings is 2. The van der Waals surface area contributed by atoms with Crippen molar-refractivity contribution >= 4 is 31.5 Å². The van der Waals surface area contributed by atoms with Gasteiger partial charge in [0.25, 0.3) is 0 Å². The third kappa shape index (κ3) is 11.6. The molecule has 0 saturated heterocycles. The second-order valence-electron chi connectivity index (χ2n) is 10.2. The van der Waals surface area contributed by atoms with E-state index in [1.807, 2.05) is 6.07 Å². The molecule has 230 valence electrons. The van der Waals surface area contributed by atoms with Crippen LogP contribution in [0.3, 0.4) is 0 Å². The molecule has 1 unspecified atom stereocenters. The molecule has 3 amide bonds. The van der Waals surface area contributed by atoms with E-state index < -0.39 is 55.4 Å². The van der Waals surface area contributed by atoms with Crippen molar-refractivity contribution in [2.24, 2.45) is 5.92 Å². The quantitative estimate of drug-likeness (QED) is 0.176. The fourth-order valence-corrected chi connectivity index (χ4v) is 5.45. The summed E-state index contributed by atoms with van der Waals surface area (Å²) in [5, 5.41) is 7.33. The van der Waals surface area contributed by atoms with Crippen molar-refractivity contribution in [3.05, 3.63) is 71.8 Å². The number of methoxy groups -OCH3 is 1. The summed E-state index contributed by atoms with van der Waals surface area (Å²) < 4.78 is 28.7. The van der Waals surface area contributed by atoms with E-state index in [-0.39, 0.29) is 25.4 Å². The maximum atomic E-state index is 13.4. The summed E-state index contributed by atoms with van der Waals surface area (Å²) >= 11 is 0. The Bertz CT molecular complexity index is 1230. The molecule has 0 aliphatic carbocycles. The first-order valence-corrected chi connectivity index (χ1v) is 15.2. The molecule has 0 spiro atoms. The molecule has 0 aromatic heterocycles. The zero-order chi connectivity index (χ0) is 31.3. The summed E-state index contributed by atoms with van der Waals surface area (Å²) in [5.74, 6) is -3.79. The lowest BCUT2D eigenvalue weighted by molar-refractivity contribution is -0.149. The van der Waals surface area contributed by atoms with Gasteiger partial charge in [0.1, 0.15) is 24.5 Å². The summed E-state index contributed by atoms with van der Waals surface area (Å²) in [5.41, 5.74) is 1.45. The normalized spacial score (nSPS) is 15.3. The van der Waals surface area contributed by atoms with Crippen molar-refractivity contribution in [2.75, 3.05) is 7.11 Å². The Hall–Kier alpha value is -3.73. The standard InChI is InChI=1S/C29H40N3O9P/c1-19(2)16-25(42(37,38)41-24(28(35)39-5)17-22-12-8-6-9-13-22)32-27(34)20(3)30-26(33)21(4)31-29(36)40-18-23-14-10-7-11-15-23/h6-15,19-21,24-25H,16-18H2,1-5H3,(H,30,33)(H,31,36)(H,32,34)(H,37,38)/t20-,21-,24-,25+/m0/s1. The molecule has 12 nitrogen and oxygen atoms in total. The van der Waals surface area contributed by atoms with E-state index in [9.17, 15) is 28.6 Å². The summed E-state index contributed by atoms with van der Waals surface area (Å²) in [4.78, 5) is 61.0. The molecule has 0 bridgehead atoms. The number of hydrogen-bond acceptors (Lipinski definition) is 8. The minimum atomic E-state index is -4.63. The minimum Gasteiger partial charge on any atom is -0.467 e. The Morgan fingerprint density at radius 3 is 1.88 bits per heavy atom. The number of rotatable bonds is 15. The minimum absolute atomic E-state index is 0.0164. The van der Waals surface area contributed by atoms with Gasteiger partial charge in [0.2, 0.25) is 11.8 Å². The second-order valence-corrected chi connectivity index (χ2v) is 12.1. The zero-order valence-electron chi connectivity index (χ0n) is 24.4. The van der Waals surface area contributed by atoms with Crippen molar-refractivity contribution in [1.29, 1.82) is 0 Å². The van der Waals surface area contributed by atoms with E-state index in [1.165, 1.54) is 13.8 Å². The SMILES string of the molecule is COC(=O)[C@H](Cc1ccccc1)OP(=O)(O)[C@H](CC(C)C)NC(=O)[C@H](C)NC(=O)[C@H](C)NC(=O)OCc1ccccc1. The average molecular weight is 606 g/mol. The molecular weight excluding hydrogens is 565 g/mol. The highest BCUT2D eigenvalue weighted by Gasteiger charge is 2.40. The largest absolute Gasteiger partial charge is 0.467 e. The molecule has 0 heterocycles. The monoisotopic (exact) mass is 605 g/mol. The van der Waals surface area contributed by atoms with Gasteiger partial charge in [-0.2, -0.15) is 0 Å². The smallest absolute Gasteiger partial charge is 0.408 e. The van der Waals surface area contributed by atoms with E-state index in [4.69, 9.17) is 14.0 Å². The molecule has 0 aliphatic rings. The predicted molar refractivity (Wildman–Crippen MR) is 155 cm³/mol. The van der Waals surface area contributed by atoms with Crippen LogP contribution in [0.1, 0.15) is 45.2 Å². The Morgan fingerprint density at radius 1 is 0.810 bits per heavy atom. The van der Waals surface area contributed by atoms with E-state index >= 15 is 0 Å². The second kappa shape index (κ2) is 16.6. The summed E-state index contributed by atoms with van der Waals surface area (Å²) in [6.45, 7) is 6.39. The van der Waals surface area contributed by atoms with Crippen LogP contribution in [-0.2, 0) is 46.0 Å². The van der Waals surface area contributed by atoms with Gasteiger partial charge < -0.3 is 30.3 Å². The van der Waals surface area contributed by atoms with Crippen molar-refractivity contribution < 1.29 is 42.6 Å². The number of esters is 1. The lowest BCUT2D eigenvalue weighted by Crippen LogP contribution is -2.53. The molecule has 0 radical (unpaired) electrons. The number of alkyl carbamates (subject to hydrolysis) is 1. The third-order valence-corrected chi connectivity index (χ3v) is 7.78. The highest BCUT2D eigenvalue weighted by Crippen LogP contribution is 2.50. The highest BCUT2D eigenvalue weighted by molar-refractivity contribution is 7.53. The molecule has 2 rings (SSSR count). The van der Waals surface area contributed by atoms with Crippen LogP contribution in [0.2, 0.25) is 0 Å². The Balaban J connectivity index is 2.00. The van der Waals surface area contributed by atoms with Gasteiger partial charge in [-0.25, -0.2) is 9.59 Å². The molecule has 5 atom stereocenters. The van der Waals surface area contributed by atoms with Gasteiger partial charge >= 0.3 is 19.7 Å². The average Bonchev–Trinajstić information content (AvgIpc) is 2.95. The number of ether oxygens (including phenoxy) is 2. The van der Waals surface area contributed by atoms with Crippen molar-refractivity contribution in [1.82, 2.24) is 16.0 Å². The molecule has 2 aromatic rings. The predicted octanol–water partition coefficient (Wildman–Crippen LogP) is 3.28. The molecule has 2 aromatic carbocycles. The van der Waals surface area contributed by atoms with E-state index in [2.05, 4.69) is 16.0 Å². The van der Waals surface area contributed by atoms with Gasteiger partial charge in [-0.1, -0.05) is 74.5 Å². The van der Waals surface area contributed by atoms with Crippen LogP contribution in [0.5, 0.6) is 0 Å². The Labute approximate surface area is 246 Å². The highest BCUT2D eigenvalue weighted by atomic mass is 31.2. The number of carbonyl (C=O) groups is 4.